The molecule has 3 rings (SSSR count). The molecule has 4 nitrogen and oxygen atoms in total. The molecule has 0 saturated heterocycles. The van der Waals surface area contributed by atoms with Gasteiger partial charge in [0.2, 0.25) is 6.41 Å². The maximum atomic E-state index is 10.6. The van der Waals surface area contributed by atoms with Crippen molar-refractivity contribution in [1.29, 1.82) is 0 Å². The van der Waals surface area contributed by atoms with Crippen LogP contribution in [0.4, 0.5) is 5.69 Å². The third-order valence-electron chi connectivity index (χ3n) is 4.03. The van der Waals surface area contributed by atoms with Gasteiger partial charge in [-0.15, -0.1) is 0 Å². The molecule has 1 fully saturated rings. The second kappa shape index (κ2) is 5.03. The summed E-state index contributed by atoms with van der Waals surface area (Å²) in [5.41, 5.74) is 2.93. The Bertz CT molecular complexity index is 597. The van der Waals surface area contributed by atoms with Crippen molar-refractivity contribution in [2.24, 2.45) is 0 Å². The SMILES string of the molecule is Cc1cc2nn(C3CCCCC3)cc2cc1NC=O. The van der Waals surface area contributed by atoms with Gasteiger partial charge >= 0.3 is 0 Å². The smallest absolute Gasteiger partial charge is 0.211 e. The van der Waals surface area contributed by atoms with E-state index < -0.39 is 0 Å². The van der Waals surface area contributed by atoms with Gasteiger partial charge in [0.05, 0.1) is 11.6 Å². The number of carbonyl (C=O) groups is 1. The van der Waals surface area contributed by atoms with Crippen molar-refractivity contribution in [3.05, 3.63) is 23.9 Å². The number of nitrogens with zero attached hydrogens (tertiary/aromatic N) is 2. The van der Waals surface area contributed by atoms with Crippen molar-refractivity contribution in [2.45, 2.75) is 45.1 Å². The first-order valence-corrected chi connectivity index (χ1v) is 6.97. The number of benzene rings is 1. The lowest BCUT2D eigenvalue weighted by molar-refractivity contribution is -0.105. The summed E-state index contributed by atoms with van der Waals surface area (Å²) in [6.07, 6.45) is 9.25. The van der Waals surface area contributed by atoms with Crippen LogP contribution in [0.25, 0.3) is 10.9 Å². The molecule has 0 spiro atoms. The molecule has 0 radical (unpaired) electrons. The molecular weight excluding hydrogens is 238 g/mol. The van der Waals surface area contributed by atoms with E-state index in [0.29, 0.717) is 6.04 Å². The molecule has 100 valence electrons. The molecule has 1 amide bonds. The topological polar surface area (TPSA) is 46.9 Å². The molecule has 2 aromatic rings. The van der Waals surface area contributed by atoms with Gasteiger partial charge in [-0.25, -0.2) is 0 Å². The largest absolute Gasteiger partial charge is 0.328 e. The number of nitrogens with one attached hydrogen (secondary N) is 1. The number of rotatable bonds is 3. The summed E-state index contributed by atoms with van der Waals surface area (Å²) in [4.78, 5) is 10.6. The highest BCUT2D eigenvalue weighted by Gasteiger charge is 2.16. The van der Waals surface area contributed by atoms with Gasteiger partial charge in [-0.05, 0) is 37.5 Å². The molecule has 1 aliphatic rings. The van der Waals surface area contributed by atoms with Crippen LogP contribution in [0.15, 0.2) is 18.3 Å². The van der Waals surface area contributed by atoms with Crippen molar-refractivity contribution >= 4 is 23.0 Å². The molecule has 0 unspecified atom stereocenters. The summed E-state index contributed by atoms with van der Waals surface area (Å²) in [5.74, 6) is 0. The minimum Gasteiger partial charge on any atom is -0.328 e. The van der Waals surface area contributed by atoms with Gasteiger partial charge in [0.25, 0.3) is 0 Å². The zero-order chi connectivity index (χ0) is 13.2. The van der Waals surface area contributed by atoms with Crippen LogP contribution < -0.4 is 5.32 Å². The first kappa shape index (κ1) is 12.2. The Kier molecular flexibility index (Phi) is 3.23. The van der Waals surface area contributed by atoms with Gasteiger partial charge in [0.1, 0.15) is 0 Å². The summed E-state index contributed by atoms with van der Waals surface area (Å²) < 4.78 is 2.12. The summed E-state index contributed by atoms with van der Waals surface area (Å²) in [5, 5.41) is 8.54. The fourth-order valence-electron chi connectivity index (χ4n) is 2.95. The highest BCUT2D eigenvalue weighted by Crippen LogP contribution is 2.30. The zero-order valence-corrected chi connectivity index (χ0v) is 11.2. The van der Waals surface area contributed by atoms with Crippen LogP contribution >= 0.6 is 0 Å². The lowest BCUT2D eigenvalue weighted by Gasteiger charge is -2.21. The van der Waals surface area contributed by atoms with Crippen LogP contribution in [-0.4, -0.2) is 16.2 Å². The Balaban J connectivity index is 1.97. The van der Waals surface area contributed by atoms with Crippen LogP contribution in [0.3, 0.4) is 0 Å². The second-order valence-electron chi connectivity index (χ2n) is 5.39. The zero-order valence-electron chi connectivity index (χ0n) is 11.2. The molecule has 0 aliphatic heterocycles. The third-order valence-corrected chi connectivity index (χ3v) is 4.03. The molecule has 1 heterocycles. The van der Waals surface area contributed by atoms with Gasteiger partial charge in [-0.2, -0.15) is 5.10 Å². The number of aromatic nitrogens is 2. The Morgan fingerprint density at radius 3 is 2.84 bits per heavy atom. The van der Waals surface area contributed by atoms with Crippen molar-refractivity contribution in [2.75, 3.05) is 5.32 Å². The van der Waals surface area contributed by atoms with E-state index in [1.165, 1.54) is 32.1 Å². The van der Waals surface area contributed by atoms with Crippen LogP contribution in [-0.2, 0) is 4.79 Å². The molecular formula is C15H19N3O. The minimum absolute atomic E-state index is 0.545. The number of hydrogen-bond acceptors (Lipinski definition) is 2. The molecule has 1 aromatic heterocycles. The van der Waals surface area contributed by atoms with Crippen LogP contribution in [0.1, 0.15) is 43.7 Å². The number of fused-ring (bicyclic) bond motifs is 1. The fraction of sp³-hybridized carbons (Fsp3) is 0.467. The predicted molar refractivity (Wildman–Crippen MR) is 76.3 cm³/mol. The molecule has 1 aromatic carbocycles. The normalized spacial score (nSPS) is 16.7. The average molecular weight is 257 g/mol. The lowest BCUT2D eigenvalue weighted by atomic mass is 9.96. The first-order valence-electron chi connectivity index (χ1n) is 6.97. The second-order valence-corrected chi connectivity index (χ2v) is 5.39. The number of amides is 1. The van der Waals surface area contributed by atoms with E-state index in [1.54, 1.807) is 0 Å². The van der Waals surface area contributed by atoms with Gasteiger partial charge in [0.15, 0.2) is 0 Å². The first-order chi connectivity index (χ1) is 9.28. The van der Waals surface area contributed by atoms with Gasteiger partial charge in [0, 0.05) is 17.3 Å². The van der Waals surface area contributed by atoms with Crippen molar-refractivity contribution in [3.8, 4) is 0 Å². The Labute approximate surface area is 112 Å². The molecule has 0 bridgehead atoms. The van der Waals surface area contributed by atoms with Crippen molar-refractivity contribution in [3.63, 3.8) is 0 Å². The van der Waals surface area contributed by atoms with E-state index in [1.807, 2.05) is 19.1 Å². The third kappa shape index (κ3) is 2.35. The van der Waals surface area contributed by atoms with Gasteiger partial charge < -0.3 is 5.32 Å². The van der Waals surface area contributed by atoms with Crippen molar-refractivity contribution in [1.82, 2.24) is 9.78 Å². The molecule has 4 heteroatoms. The number of hydrogen-bond donors (Lipinski definition) is 1. The molecule has 1 N–H and O–H groups in total. The minimum atomic E-state index is 0.545. The van der Waals surface area contributed by atoms with Crippen LogP contribution in [0, 0.1) is 6.92 Å². The summed E-state index contributed by atoms with van der Waals surface area (Å²) in [7, 11) is 0. The lowest BCUT2D eigenvalue weighted by Crippen LogP contribution is -2.12. The fourth-order valence-corrected chi connectivity index (χ4v) is 2.95. The number of carbonyl (C=O) groups excluding carboxylic acids is 1. The van der Waals surface area contributed by atoms with Crippen LogP contribution in [0.2, 0.25) is 0 Å². The van der Waals surface area contributed by atoms with Crippen LogP contribution in [0.5, 0.6) is 0 Å². The quantitative estimate of drug-likeness (QED) is 0.856. The average Bonchev–Trinajstić information content (AvgIpc) is 2.83. The highest BCUT2D eigenvalue weighted by atomic mass is 16.1. The van der Waals surface area contributed by atoms with E-state index in [-0.39, 0.29) is 0 Å². The van der Waals surface area contributed by atoms with Gasteiger partial charge in [-0.1, -0.05) is 19.3 Å². The summed E-state index contributed by atoms with van der Waals surface area (Å²) in [6.45, 7) is 1.99. The summed E-state index contributed by atoms with van der Waals surface area (Å²) in [6, 6.07) is 4.59. The predicted octanol–water partition coefficient (Wildman–Crippen LogP) is 3.42. The Hall–Kier alpha value is -1.84. The molecule has 19 heavy (non-hydrogen) atoms. The molecule has 1 aliphatic carbocycles. The summed E-state index contributed by atoms with van der Waals surface area (Å²) >= 11 is 0. The van der Waals surface area contributed by atoms with E-state index >= 15 is 0 Å². The monoisotopic (exact) mass is 257 g/mol. The Morgan fingerprint density at radius 1 is 1.32 bits per heavy atom. The van der Waals surface area contributed by atoms with E-state index in [9.17, 15) is 4.79 Å². The van der Waals surface area contributed by atoms with E-state index in [0.717, 1.165) is 28.6 Å². The molecule has 0 atom stereocenters. The molecule has 1 saturated carbocycles. The van der Waals surface area contributed by atoms with E-state index in [2.05, 4.69) is 16.2 Å². The van der Waals surface area contributed by atoms with E-state index in [4.69, 9.17) is 5.10 Å². The maximum Gasteiger partial charge on any atom is 0.211 e. The van der Waals surface area contributed by atoms with Crippen molar-refractivity contribution < 1.29 is 4.79 Å². The highest BCUT2D eigenvalue weighted by molar-refractivity contribution is 5.87. The number of anilines is 1. The maximum absolute atomic E-state index is 10.6. The standard InChI is InChI=1S/C15H19N3O/c1-11-7-15-12(8-14(11)16-10-19)9-18(17-15)13-5-3-2-4-6-13/h7-10,13H,2-6H2,1H3,(H,16,19). The number of aryl methyl sites for hydroxylation is 1. The van der Waals surface area contributed by atoms with Gasteiger partial charge in [-0.3, -0.25) is 9.48 Å². The Morgan fingerprint density at radius 2 is 2.11 bits per heavy atom.